The van der Waals surface area contributed by atoms with Crippen molar-refractivity contribution in [3.63, 3.8) is 0 Å². The second-order valence-corrected chi connectivity index (χ2v) is 3.77. The summed E-state index contributed by atoms with van der Waals surface area (Å²) in [5.41, 5.74) is 7.28. The number of aromatic nitrogens is 2. The van der Waals surface area contributed by atoms with Crippen molar-refractivity contribution in [2.45, 2.75) is 46.1 Å². The molecule has 1 heterocycles. The van der Waals surface area contributed by atoms with Crippen molar-refractivity contribution in [2.24, 2.45) is 0 Å². The van der Waals surface area contributed by atoms with E-state index in [1.807, 2.05) is 0 Å². The quantitative estimate of drug-likeness (QED) is 0.821. The average molecular weight is 206 g/mol. The molecule has 2 N–H and O–H groups in total. The molecule has 0 amide bonds. The molecule has 0 aliphatic rings. The number of nitrogens with two attached hydrogens (primary N) is 1. The van der Waals surface area contributed by atoms with Crippen LogP contribution in [-0.2, 0) is 6.42 Å². The van der Waals surface area contributed by atoms with Gasteiger partial charge in [-0.2, -0.15) is 10.4 Å². The van der Waals surface area contributed by atoms with Gasteiger partial charge in [-0.25, -0.2) is 4.68 Å². The Labute approximate surface area is 90.7 Å². The van der Waals surface area contributed by atoms with Gasteiger partial charge in [0.25, 0.3) is 0 Å². The van der Waals surface area contributed by atoms with Gasteiger partial charge in [0, 0.05) is 0 Å². The molecule has 0 aromatic carbocycles. The van der Waals surface area contributed by atoms with Crippen molar-refractivity contribution in [2.75, 3.05) is 5.73 Å². The molecule has 4 heteroatoms. The highest BCUT2D eigenvalue weighted by Crippen LogP contribution is 2.22. The first kappa shape index (κ1) is 11.6. The molecule has 1 aromatic rings. The zero-order valence-electron chi connectivity index (χ0n) is 9.62. The van der Waals surface area contributed by atoms with E-state index < -0.39 is 0 Å². The molecule has 1 aromatic heterocycles. The molecule has 0 radical (unpaired) electrons. The van der Waals surface area contributed by atoms with Crippen molar-refractivity contribution in [3.05, 3.63) is 11.3 Å². The molecule has 1 atom stereocenters. The first-order valence-corrected chi connectivity index (χ1v) is 5.42. The van der Waals surface area contributed by atoms with Crippen molar-refractivity contribution < 1.29 is 0 Å². The maximum absolute atomic E-state index is 9.01. The molecule has 15 heavy (non-hydrogen) atoms. The van der Waals surface area contributed by atoms with Gasteiger partial charge < -0.3 is 5.73 Å². The molecular weight excluding hydrogens is 188 g/mol. The summed E-state index contributed by atoms with van der Waals surface area (Å²) in [7, 11) is 0. The molecule has 0 saturated carbocycles. The van der Waals surface area contributed by atoms with Crippen LogP contribution in [-0.4, -0.2) is 9.78 Å². The number of nitriles is 1. The fraction of sp³-hybridized carbons (Fsp3) is 0.636. The molecule has 0 spiro atoms. The van der Waals surface area contributed by atoms with Crippen LogP contribution in [0.4, 0.5) is 5.82 Å². The summed E-state index contributed by atoms with van der Waals surface area (Å²) < 4.78 is 1.77. The minimum absolute atomic E-state index is 0.253. The van der Waals surface area contributed by atoms with Crippen LogP contribution in [0.2, 0.25) is 0 Å². The van der Waals surface area contributed by atoms with E-state index in [-0.39, 0.29) is 6.04 Å². The Kier molecular flexibility index (Phi) is 3.73. The summed E-state index contributed by atoms with van der Waals surface area (Å²) in [5, 5.41) is 13.4. The maximum Gasteiger partial charge on any atom is 0.140 e. The topological polar surface area (TPSA) is 67.6 Å². The van der Waals surface area contributed by atoms with E-state index in [9.17, 15) is 0 Å². The summed E-state index contributed by atoms with van der Waals surface area (Å²) >= 11 is 0. The SMILES string of the molecule is CCCc1nn([C@@H](C)CC)c(N)c1C#N. The van der Waals surface area contributed by atoms with Gasteiger partial charge >= 0.3 is 0 Å². The lowest BCUT2D eigenvalue weighted by molar-refractivity contribution is 0.480. The van der Waals surface area contributed by atoms with Crippen LogP contribution in [0, 0.1) is 11.3 Å². The summed E-state index contributed by atoms with van der Waals surface area (Å²) in [6, 6.07) is 2.39. The molecule has 0 fully saturated rings. The van der Waals surface area contributed by atoms with Gasteiger partial charge in [0.15, 0.2) is 0 Å². The summed E-state index contributed by atoms with van der Waals surface area (Å²) in [4.78, 5) is 0. The Morgan fingerprint density at radius 3 is 2.67 bits per heavy atom. The monoisotopic (exact) mass is 206 g/mol. The van der Waals surface area contributed by atoms with Gasteiger partial charge in [-0.1, -0.05) is 20.3 Å². The predicted molar refractivity (Wildman–Crippen MR) is 60.4 cm³/mol. The Hall–Kier alpha value is -1.50. The number of nitrogen functional groups attached to an aromatic ring is 1. The first-order chi connectivity index (χ1) is 7.15. The highest BCUT2D eigenvalue weighted by molar-refractivity contribution is 5.52. The zero-order chi connectivity index (χ0) is 11.4. The molecule has 0 aliphatic heterocycles. The van der Waals surface area contributed by atoms with E-state index in [0.29, 0.717) is 11.4 Å². The summed E-state index contributed by atoms with van der Waals surface area (Å²) in [5.74, 6) is 0.510. The highest BCUT2D eigenvalue weighted by atomic mass is 15.3. The number of aryl methyl sites for hydroxylation is 1. The number of anilines is 1. The predicted octanol–water partition coefficient (Wildman–Crippen LogP) is 2.26. The van der Waals surface area contributed by atoms with Crippen molar-refractivity contribution in [1.29, 1.82) is 5.26 Å². The lowest BCUT2D eigenvalue weighted by atomic mass is 10.1. The van der Waals surface area contributed by atoms with Crippen LogP contribution >= 0.6 is 0 Å². The van der Waals surface area contributed by atoms with Crippen LogP contribution in [0.25, 0.3) is 0 Å². The molecule has 4 nitrogen and oxygen atoms in total. The third-order valence-corrected chi connectivity index (χ3v) is 2.63. The second kappa shape index (κ2) is 4.83. The Balaban J connectivity index is 3.16. The van der Waals surface area contributed by atoms with Crippen LogP contribution in [0.1, 0.15) is 50.9 Å². The molecule has 82 valence electrons. The maximum atomic E-state index is 9.01. The van der Waals surface area contributed by atoms with Crippen LogP contribution in [0.15, 0.2) is 0 Å². The van der Waals surface area contributed by atoms with E-state index in [1.165, 1.54) is 0 Å². The van der Waals surface area contributed by atoms with Gasteiger partial charge in [-0.15, -0.1) is 0 Å². The fourth-order valence-corrected chi connectivity index (χ4v) is 1.54. The van der Waals surface area contributed by atoms with Gasteiger partial charge in [-0.05, 0) is 19.8 Å². The first-order valence-electron chi connectivity index (χ1n) is 5.42. The summed E-state index contributed by atoms with van der Waals surface area (Å²) in [6.45, 7) is 6.21. The molecular formula is C11H18N4. The average Bonchev–Trinajstić information content (AvgIpc) is 2.55. The fourth-order valence-electron chi connectivity index (χ4n) is 1.54. The van der Waals surface area contributed by atoms with Crippen molar-refractivity contribution >= 4 is 5.82 Å². The van der Waals surface area contributed by atoms with E-state index in [1.54, 1.807) is 4.68 Å². The standard InChI is InChI=1S/C11H18N4/c1-4-6-10-9(7-12)11(13)15(14-10)8(3)5-2/h8H,4-6,13H2,1-3H3/t8-/m0/s1. The summed E-state index contributed by atoms with van der Waals surface area (Å²) in [6.07, 6.45) is 2.75. The highest BCUT2D eigenvalue weighted by Gasteiger charge is 2.16. The second-order valence-electron chi connectivity index (χ2n) is 3.77. The minimum Gasteiger partial charge on any atom is -0.383 e. The van der Waals surface area contributed by atoms with E-state index in [4.69, 9.17) is 11.0 Å². The minimum atomic E-state index is 0.253. The van der Waals surface area contributed by atoms with Gasteiger partial charge in [0.2, 0.25) is 0 Å². The van der Waals surface area contributed by atoms with Crippen molar-refractivity contribution in [1.82, 2.24) is 9.78 Å². The number of rotatable bonds is 4. The Morgan fingerprint density at radius 1 is 1.53 bits per heavy atom. The number of hydrogen-bond donors (Lipinski definition) is 1. The number of hydrogen-bond acceptors (Lipinski definition) is 3. The lowest BCUT2D eigenvalue weighted by Crippen LogP contribution is -2.09. The van der Waals surface area contributed by atoms with E-state index in [0.717, 1.165) is 25.0 Å². The number of nitrogens with zero attached hydrogens (tertiary/aromatic N) is 3. The largest absolute Gasteiger partial charge is 0.383 e. The van der Waals surface area contributed by atoms with E-state index in [2.05, 4.69) is 31.9 Å². The van der Waals surface area contributed by atoms with Crippen molar-refractivity contribution in [3.8, 4) is 6.07 Å². The van der Waals surface area contributed by atoms with Crippen LogP contribution < -0.4 is 5.73 Å². The molecule has 1 rings (SSSR count). The van der Waals surface area contributed by atoms with Gasteiger partial charge in [0.05, 0.1) is 11.7 Å². The Morgan fingerprint density at radius 2 is 2.20 bits per heavy atom. The zero-order valence-corrected chi connectivity index (χ0v) is 9.62. The third-order valence-electron chi connectivity index (χ3n) is 2.63. The molecule has 0 saturated heterocycles. The third kappa shape index (κ3) is 2.12. The van der Waals surface area contributed by atoms with Gasteiger partial charge in [0.1, 0.15) is 17.5 Å². The van der Waals surface area contributed by atoms with E-state index >= 15 is 0 Å². The van der Waals surface area contributed by atoms with Crippen LogP contribution in [0.3, 0.4) is 0 Å². The molecule has 0 unspecified atom stereocenters. The smallest absolute Gasteiger partial charge is 0.140 e. The lowest BCUT2D eigenvalue weighted by Gasteiger charge is -2.10. The normalized spacial score (nSPS) is 12.4. The Bertz CT molecular complexity index is 373. The molecule has 0 aliphatic carbocycles. The van der Waals surface area contributed by atoms with Gasteiger partial charge in [-0.3, -0.25) is 0 Å². The molecule has 0 bridgehead atoms. The van der Waals surface area contributed by atoms with Crippen LogP contribution in [0.5, 0.6) is 0 Å².